The van der Waals surface area contributed by atoms with E-state index in [0.29, 0.717) is 59.3 Å². The van der Waals surface area contributed by atoms with Gasteiger partial charge in [-0.25, -0.2) is 4.39 Å². The first-order chi connectivity index (χ1) is 25.8. The SMILES string of the molecule is CN1CCN(C(=O)CN(Cc2ccc(-c3ccc(C(F)(F)F)cc3)cc2)C(=O)Cn2cc(Cc3cnn(C)c3)c(=O)nc2SCc2ccc(F)cc2)CC1.Cl. The number of nitrogens with zero attached hydrogens (tertiary/aromatic N) is 7. The quantitative estimate of drug-likeness (QED) is 0.0881. The fraction of sp³-hybridized carbons (Fsp3) is 0.308. The fourth-order valence-corrected chi connectivity index (χ4v) is 6.97. The summed E-state index contributed by atoms with van der Waals surface area (Å²) in [4.78, 5) is 50.8. The number of likely N-dealkylation sites (N-methyl/N-ethyl adjacent to an activating group) is 1. The number of thioether (sulfide) groups is 1. The number of hydrogen-bond acceptors (Lipinski definition) is 7. The van der Waals surface area contributed by atoms with E-state index in [4.69, 9.17) is 0 Å². The molecule has 0 atom stereocenters. The molecule has 10 nitrogen and oxygen atoms in total. The Bertz CT molecular complexity index is 2140. The number of halogens is 5. The lowest BCUT2D eigenvalue weighted by molar-refractivity contribution is -0.142. The van der Waals surface area contributed by atoms with E-state index in [-0.39, 0.29) is 56.1 Å². The number of aromatic nitrogens is 4. The molecule has 55 heavy (non-hydrogen) atoms. The molecule has 1 aliphatic heterocycles. The van der Waals surface area contributed by atoms with Gasteiger partial charge >= 0.3 is 6.18 Å². The highest BCUT2D eigenvalue weighted by molar-refractivity contribution is 7.98. The summed E-state index contributed by atoms with van der Waals surface area (Å²) in [5.74, 6) is -0.589. The first kappa shape index (κ1) is 41.2. The molecule has 0 aliphatic carbocycles. The van der Waals surface area contributed by atoms with Gasteiger partial charge in [0.1, 0.15) is 18.9 Å². The number of rotatable bonds is 12. The van der Waals surface area contributed by atoms with E-state index < -0.39 is 17.3 Å². The zero-order valence-corrected chi connectivity index (χ0v) is 31.8. The van der Waals surface area contributed by atoms with E-state index in [0.717, 1.165) is 23.3 Å². The molecule has 3 aromatic carbocycles. The van der Waals surface area contributed by atoms with Crippen LogP contribution in [0.2, 0.25) is 0 Å². The summed E-state index contributed by atoms with van der Waals surface area (Å²) < 4.78 is 56.1. The Morgan fingerprint density at radius 3 is 2.05 bits per heavy atom. The monoisotopic (exact) mass is 797 g/mol. The molecule has 16 heteroatoms. The maximum absolute atomic E-state index is 14.3. The standard InChI is InChI=1S/C39H39F4N7O3S.ClH/c1-46-15-17-48(18-16-46)35(51)24-49(22-27-3-7-30(8-4-27)31-9-11-33(12-10-31)39(41,42)43)36(52)25-50-23-32(19-29-20-44-47(2)21-29)37(53)45-38(50)54-26-28-5-13-34(40)14-6-28;/h3-14,20-21,23H,15-19,22,24-26H2,1-2H3;1H. The van der Waals surface area contributed by atoms with Crippen LogP contribution in [-0.4, -0.2) is 85.6 Å². The van der Waals surface area contributed by atoms with Gasteiger partial charge in [0.2, 0.25) is 11.8 Å². The van der Waals surface area contributed by atoms with E-state index in [9.17, 15) is 31.9 Å². The second-order valence-corrected chi connectivity index (χ2v) is 14.2. The lowest BCUT2D eigenvalue weighted by atomic mass is 10.0. The number of carbonyl (C=O) groups is 2. The minimum absolute atomic E-state index is 0. The minimum atomic E-state index is -4.44. The number of amides is 2. The molecular formula is C39H40ClF4N7O3S. The van der Waals surface area contributed by atoms with E-state index in [1.54, 1.807) is 76.2 Å². The minimum Gasteiger partial charge on any atom is -0.339 e. The maximum atomic E-state index is 14.3. The highest BCUT2D eigenvalue weighted by atomic mass is 35.5. The number of hydrogen-bond donors (Lipinski definition) is 0. The summed E-state index contributed by atoms with van der Waals surface area (Å²) in [6.07, 6.45) is 0.871. The third kappa shape index (κ3) is 11.0. The fourth-order valence-electron chi connectivity index (χ4n) is 6.05. The second kappa shape index (κ2) is 18.1. The Morgan fingerprint density at radius 1 is 0.836 bits per heavy atom. The number of carbonyl (C=O) groups excluding carboxylic acids is 2. The molecule has 1 saturated heterocycles. The van der Waals surface area contributed by atoms with Crippen LogP contribution in [0, 0.1) is 5.82 Å². The highest BCUT2D eigenvalue weighted by Gasteiger charge is 2.30. The molecule has 5 aromatic rings. The van der Waals surface area contributed by atoms with E-state index in [1.807, 2.05) is 7.05 Å². The van der Waals surface area contributed by atoms with Gasteiger partial charge in [0.15, 0.2) is 5.16 Å². The molecule has 1 fully saturated rings. The van der Waals surface area contributed by atoms with Crippen molar-refractivity contribution in [2.45, 2.75) is 36.6 Å². The van der Waals surface area contributed by atoms with Gasteiger partial charge in [-0.3, -0.25) is 19.1 Å². The van der Waals surface area contributed by atoms with Crippen LogP contribution in [0.3, 0.4) is 0 Å². The third-order valence-corrected chi connectivity index (χ3v) is 10.2. The lowest BCUT2D eigenvalue weighted by Crippen LogP contribution is -2.51. The van der Waals surface area contributed by atoms with Gasteiger partial charge in [0.25, 0.3) is 5.56 Å². The van der Waals surface area contributed by atoms with Gasteiger partial charge < -0.3 is 19.3 Å². The van der Waals surface area contributed by atoms with Gasteiger partial charge in [0, 0.05) is 69.9 Å². The smallest absolute Gasteiger partial charge is 0.339 e. The highest BCUT2D eigenvalue weighted by Crippen LogP contribution is 2.31. The Morgan fingerprint density at radius 2 is 1.45 bits per heavy atom. The summed E-state index contributed by atoms with van der Waals surface area (Å²) in [5, 5.41) is 4.47. The zero-order valence-electron chi connectivity index (χ0n) is 30.2. The first-order valence-corrected chi connectivity index (χ1v) is 18.2. The average molecular weight is 798 g/mol. The van der Waals surface area contributed by atoms with Gasteiger partial charge in [0.05, 0.1) is 11.8 Å². The summed E-state index contributed by atoms with van der Waals surface area (Å²) in [7, 11) is 3.76. The second-order valence-electron chi connectivity index (χ2n) is 13.3. The number of piperazine rings is 1. The molecule has 3 heterocycles. The lowest BCUT2D eigenvalue weighted by Gasteiger charge is -2.34. The van der Waals surface area contributed by atoms with E-state index in [1.165, 1.54) is 40.9 Å². The van der Waals surface area contributed by atoms with Crippen LogP contribution in [0.1, 0.15) is 27.8 Å². The molecule has 2 amide bonds. The molecule has 0 radical (unpaired) electrons. The Kier molecular flexibility index (Phi) is 13.5. The van der Waals surface area contributed by atoms with Crippen molar-refractivity contribution in [1.82, 2.24) is 34.0 Å². The van der Waals surface area contributed by atoms with Gasteiger partial charge in [-0.05, 0) is 59.1 Å². The van der Waals surface area contributed by atoms with Crippen LogP contribution in [0.25, 0.3) is 11.1 Å². The number of alkyl halides is 3. The van der Waals surface area contributed by atoms with Crippen LogP contribution in [0.5, 0.6) is 0 Å². The van der Waals surface area contributed by atoms with Crippen LogP contribution in [0.4, 0.5) is 17.6 Å². The van der Waals surface area contributed by atoms with Crippen molar-refractivity contribution in [3.63, 3.8) is 0 Å². The molecular weight excluding hydrogens is 758 g/mol. The Balaban J connectivity index is 0.00000580. The van der Waals surface area contributed by atoms with Crippen LogP contribution in [-0.2, 0) is 48.1 Å². The topological polar surface area (TPSA) is 96.6 Å². The van der Waals surface area contributed by atoms with Gasteiger partial charge in [-0.15, -0.1) is 12.4 Å². The molecule has 0 saturated carbocycles. The molecule has 2 aromatic heterocycles. The maximum Gasteiger partial charge on any atom is 0.416 e. The third-order valence-electron chi connectivity index (χ3n) is 9.18. The van der Waals surface area contributed by atoms with Crippen molar-refractivity contribution >= 4 is 36.0 Å². The molecule has 6 rings (SSSR count). The zero-order chi connectivity index (χ0) is 38.4. The van der Waals surface area contributed by atoms with Crippen molar-refractivity contribution in [2.75, 3.05) is 39.8 Å². The Hall–Kier alpha value is -4.99. The summed E-state index contributed by atoms with van der Waals surface area (Å²) in [6, 6.07) is 18.0. The summed E-state index contributed by atoms with van der Waals surface area (Å²) in [5.41, 5.74) is 2.79. The van der Waals surface area contributed by atoms with E-state index >= 15 is 0 Å². The summed E-state index contributed by atoms with van der Waals surface area (Å²) in [6.45, 7) is 2.16. The van der Waals surface area contributed by atoms with Crippen LogP contribution >= 0.6 is 24.2 Å². The van der Waals surface area contributed by atoms with E-state index in [2.05, 4.69) is 15.0 Å². The predicted molar refractivity (Wildman–Crippen MR) is 204 cm³/mol. The summed E-state index contributed by atoms with van der Waals surface area (Å²) >= 11 is 1.24. The molecule has 0 unspecified atom stereocenters. The van der Waals surface area contributed by atoms with Gasteiger partial charge in [-0.2, -0.15) is 23.3 Å². The molecule has 0 N–H and O–H groups in total. The first-order valence-electron chi connectivity index (χ1n) is 17.3. The van der Waals surface area contributed by atoms with Crippen molar-refractivity contribution in [1.29, 1.82) is 0 Å². The largest absolute Gasteiger partial charge is 0.416 e. The van der Waals surface area contributed by atoms with Crippen LogP contribution < -0.4 is 5.56 Å². The Labute approximate surface area is 326 Å². The molecule has 0 bridgehead atoms. The van der Waals surface area contributed by atoms with Crippen molar-refractivity contribution in [3.8, 4) is 11.1 Å². The molecule has 0 spiro atoms. The van der Waals surface area contributed by atoms with Crippen molar-refractivity contribution in [2.24, 2.45) is 7.05 Å². The number of benzene rings is 3. The van der Waals surface area contributed by atoms with Gasteiger partial charge in [-0.1, -0.05) is 60.3 Å². The normalized spacial score (nSPS) is 13.4. The predicted octanol–water partition coefficient (Wildman–Crippen LogP) is 5.91. The van der Waals surface area contributed by atoms with Crippen molar-refractivity contribution < 1.29 is 27.2 Å². The molecule has 290 valence electrons. The average Bonchev–Trinajstić information content (AvgIpc) is 3.56. The van der Waals surface area contributed by atoms with Crippen LogP contribution in [0.15, 0.2) is 101 Å². The number of aryl methyl sites for hydroxylation is 1. The molecule has 1 aliphatic rings. The van der Waals surface area contributed by atoms with Crippen molar-refractivity contribution in [3.05, 3.63) is 135 Å².